The number of methoxy groups -OCH3 is 1. The summed E-state index contributed by atoms with van der Waals surface area (Å²) in [5.74, 6) is 1.59. The maximum Gasteiger partial charge on any atom is 0.162 e. The maximum absolute atomic E-state index is 13.4. The van der Waals surface area contributed by atoms with Crippen molar-refractivity contribution in [3.8, 4) is 17.1 Å². The second-order valence-electron chi connectivity index (χ2n) is 4.54. The average Bonchev–Trinajstić information content (AvgIpc) is 2.53. The van der Waals surface area contributed by atoms with Crippen molar-refractivity contribution in [2.24, 2.45) is 0 Å². The van der Waals surface area contributed by atoms with Crippen molar-refractivity contribution in [1.29, 1.82) is 0 Å². The van der Waals surface area contributed by atoms with Gasteiger partial charge in [0.15, 0.2) is 5.82 Å². The molecule has 106 valence electrons. The molecule has 0 saturated carbocycles. The highest BCUT2D eigenvalue weighted by molar-refractivity contribution is 5.91. The minimum atomic E-state index is -0.308. The molecule has 2 aromatic carbocycles. The quantitative estimate of drug-likeness (QED) is 0.799. The summed E-state index contributed by atoms with van der Waals surface area (Å²) in [6.07, 6.45) is 0. The number of halogens is 1. The predicted octanol–water partition coefficient (Wildman–Crippen LogP) is 3.49. The van der Waals surface area contributed by atoms with Gasteiger partial charge in [0.25, 0.3) is 0 Å². The molecule has 1 heterocycles. The van der Waals surface area contributed by atoms with Crippen LogP contribution in [0.15, 0.2) is 42.5 Å². The van der Waals surface area contributed by atoms with E-state index in [-0.39, 0.29) is 5.82 Å². The molecule has 0 spiro atoms. The number of hydrogen-bond donors (Lipinski definition) is 1. The number of anilines is 1. The van der Waals surface area contributed by atoms with Crippen LogP contribution in [-0.4, -0.2) is 24.1 Å². The lowest BCUT2D eigenvalue weighted by Crippen LogP contribution is -1.99. The molecule has 0 aliphatic carbocycles. The van der Waals surface area contributed by atoms with E-state index in [1.165, 1.54) is 12.1 Å². The van der Waals surface area contributed by atoms with Crippen molar-refractivity contribution in [1.82, 2.24) is 9.97 Å². The topological polar surface area (TPSA) is 47.0 Å². The van der Waals surface area contributed by atoms with Crippen LogP contribution in [0.4, 0.5) is 10.2 Å². The van der Waals surface area contributed by atoms with Gasteiger partial charge in [0.1, 0.15) is 17.4 Å². The smallest absolute Gasteiger partial charge is 0.162 e. The highest BCUT2D eigenvalue weighted by Crippen LogP contribution is 2.28. The lowest BCUT2D eigenvalue weighted by Gasteiger charge is -2.09. The minimum Gasteiger partial charge on any atom is -0.497 e. The van der Waals surface area contributed by atoms with Gasteiger partial charge in [0.2, 0.25) is 0 Å². The third kappa shape index (κ3) is 2.50. The average molecular weight is 283 g/mol. The van der Waals surface area contributed by atoms with Gasteiger partial charge in [-0.1, -0.05) is 12.1 Å². The number of nitrogens with one attached hydrogen (secondary N) is 1. The summed E-state index contributed by atoms with van der Waals surface area (Å²) < 4.78 is 18.6. The van der Waals surface area contributed by atoms with Gasteiger partial charge in [0.05, 0.1) is 12.6 Å². The Labute approximate surface area is 121 Å². The zero-order valence-electron chi connectivity index (χ0n) is 11.7. The molecule has 1 N–H and O–H groups in total. The van der Waals surface area contributed by atoms with E-state index in [0.29, 0.717) is 17.2 Å². The van der Waals surface area contributed by atoms with E-state index in [1.54, 1.807) is 26.3 Å². The van der Waals surface area contributed by atoms with Crippen LogP contribution in [0.1, 0.15) is 0 Å². The fourth-order valence-corrected chi connectivity index (χ4v) is 2.18. The number of aromatic nitrogens is 2. The number of nitrogens with zero attached hydrogens (tertiary/aromatic N) is 2. The summed E-state index contributed by atoms with van der Waals surface area (Å²) in [6, 6.07) is 11.8. The molecule has 5 heteroatoms. The van der Waals surface area contributed by atoms with E-state index in [4.69, 9.17) is 4.74 Å². The first-order valence-corrected chi connectivity index (χ1v) is 6.51. The Bertz CT molecular complexity index is 805. The van der Waals surface area contributed by atoms with Crippen molar-refractivity contribution in [3.63, 3.8) is 0 Å². The molecule has 0 fully saturated rings. The summed E-state index contributed by atoms with van der Waals surface area (Å²) in [7, 11) is 3.40. The van der Waals surface area contributed by atoms with Crippen molar-refractivity contribution >= 4 is 16.7 Å². The molecule has 3 aromatic rings. The van der Waals surface area contributed by atoms with Gasteiger partial charge in [-0.2, -0.15) is 0 Å². The summed E-state index contributed by atoms with van der Waals surface area (Å²) in [6.45, 7) is 0. The van der Waals surface area contributed by atoms with Gasteiger partial charge in [0, 0.05) is 18.0 Å². The maximum atomic E-state index is 13.4. The van der Waals surface area contributed by atoms with Crippen LogP contribution in [0.25, 0.3) is 22.3 Å². The molecule has 0 aliphatic rings. The van der Waals surface area contributed by atoms with Crippen molar-refractivity contribution in [3.05, 3.63) is 48.3 Å². The third-order valence-electron chi connectivity index (χ3n) is 3.22. The predicted molar refractivity (Wildman–Crippen MR) is 81.0 cm³/mol. The first kappa shape index (κ1) is 13.3. The largest absolute Gasteiger partial charge is 0.497 e. The Morgan fingerprint density at radius 1 is 1.10 bits per heavy atom. The van der Waals surface area contributed by atoms with E-state index in [9.17, 15) is 4.39 Å². The Balaban J connectivity index is 2.22. The van der Waals surface area contributed by atoms with Crippen LogP contribution in [-0.2, 0) is 0 Å². The summed E-state index contributed by atoms with van der Waals surface area (Å²) in [5.41, 5.74) is 1.42. The molecule has 0 aliphatic heterocycles. The highest BCUT2D eigenvalue weighted by atomic mass is 19.1. The molecular weight excluding hydrogens is 269 g/mol. The molecule has 0 saturated heterocycles. The normalized spacial score (nSPS) is 10.6. The Morgan fingerprint density at radius 3 is 2.67 bits per heavy atom. The molecule has 0 atom stereocenters. The molecule has 4 nitrogen and oxygen atoms in total. The number of fused-ring (bicyclic) bond motifs is 1. The molecule has 0 unspecified atom stereocenters. The molecule has 21 heavy (non-hydrogen) atoms. The number of hydrogen-bond acceptors (Lipinski definition) is 4. The van der Waals surface area contributed by atoms with Crippen molar-refractivity contribution in [2.45, 2.75) is 0 Å². The van der Waals surface area contributed by atoms with E-state index >= 15 is 0 Å². The van der Waals surface area contributed by atoms with Gasteiger partial charge < -0.3 is 10.1 Å². The minimum absolute atomic E-state index is 0.308. The van der Waals surface area contributed by atoms with Gasteiger partial charge in [-0.05, 0) is 30.3 Å². The molecule has 3 rings (SSSR count). The number of rotatable bonds is 3. The Kier molecular flexibility index (Phi) is 3.39. The molecule has 0 bridgehead atoms. The van der Waals surface area contributed by atoms with Crippen LogP contribution in [0, 0.1) is 5.82 Å². The Hall–Kier alpha value is -2.69. The van der Waals surface area contributed by atoms with Gasteiger partial charge in [-0.25, -0.2) is 14.4 Å². The highest BCUT2D eigenvalue weighted by Gasteiger charge is 2.10. The van der Waals surface area contributed by atoms with Crippen LogP contribution < -0.4 is 10.1 Å². The summed E-state index contributed by atoms with van der Waals surface area (Å²) in [5, 5.41) is 3.90. The second kappa shape index (κ2) is 5.36. The van der Waals surface area contributed by atoms with Crippen LogP contribution >= 0.6 is 0 Å². The lowest BCUT2D eigenvalue weighted by atomic mass is 10.1. The van der Waals surface area contributed by atoms with Gasteiger partial charge in [-0.15, -0.1) is 0 Å². The van der Waals surface area contributed by atoms with E-state index in [1.807, 2.05) is 18.2 Å². The molecule has 0 radical (unpaired) electrons. The van der Waals surface area contributed by atoms with Crippen molar-refractivity contribution in [2.75, 3.05) is 19.5 Å². The third-order valence-corrected chi connectivity index (χ3v) is 3.22. The van der Waals surface area contributed by atoms with Crippen LogP contribution in [0.5, 0.6) is 5.75 Å². The lowest BCUT2D eigenvalue weighted by molar-refractivity contribution is 0.415. The first-order valence-electron chi connectivity index (χ1n) is 6.51. The summed E-state index contributed by atoms with van der Waals surface area (Å²) in [4.78, 5) is 8.96. The zero-order chi connectivity index (χ0) is 14.8. The molecule has 0 amide bonds. The standard InChI is InChI=1S/C16H14FN3O/c1-18-16-13-9-12(21-2)6-7-14(13)19-15(20-16)10-4-3-5-11(17)8-10/h3-9H,1-2H3,(H,18,19,20). The van der Waals surface area contributed by atoms with E-state index in [2.05, 4.69) is 15.3 Å². The zero-order valence-corrected chi connectivity index (χ0v) is 11.7. The molecule has 1 aromatic heterocycles. The van der Waals surface area contributed by atoms with Crippen LogP contribution in [0.2, 0.25) is 0 Å². The SMILES string of the molecule is CNc1nc(-c2cccc(F)c2)nc2ccc(OC)cc12. The monoisotopic (exact) mass is 283 g/mol. The van der Waals surface area contributed by atoms with Crippen molar-refractivity contribution < 1.29 is 9.13 Å². The van der Waals surface area contributed by atoms with Gasteiger partial charge >= 0.3 is 0 Å². The second-order valence-corrected chi connectivity index (χ2v) is 4.54. The first-order chi connectivity index (χ1) is 10.2. The molecular formula is C16H14FN3O. The van der Waals surface area contributed by atoms with E-state index in [0.717, 1.165) is 16.7 Å². The summed E-state index contributed by atoms with van der Waals surface area (Å²) >= 11 is 0. The van der Waals surface area contributed by atoms with Crippen LogP contribution in [0.3, 0.4) is 0 Å². The Morgan fingerprint density at radius 2 is 1.95 bits per heavy atom. The van der Waals surface area contributed by atoms with E-state index < -0.39 is 0 Å². The number of benzene rings is 2. The van der Waals surface area contributed by atoms with Gasteiger partial charge in [-0.3, -0.25) is 0 Å². The fourth-order valence-electron chi connectivity index (χ4n) is 2.18. The fraction of sp³-hybridized carbons (Fsp3) is 0.125. The number of ether oxygens (including phenoxy) is 1.